The predicted octanol–water partition coefficient (Wildman–Crippen LogP) is 0.489. The molecule has 2 nitrogen and oxygen atoms in total. The fourth-order valence-corrected chi connectivity index (χ4v) is 3.30. The molecule has 0 saturated carbocycles. The van der Waals surface area contributed by atoms with E-state index in [-0.39, 0.29) is 0 Å². The van der Waals surface area contributed by atoms with Crippen LogP contribution in [0.1, 0.15) is 19.3 Å². The number of nitrogens with two attached hydrogens (primary N) is 1. The SMILES string of the molecule is C=CC12CC3C[C@@H](N)[C@@H](C1)N32. The van der Waals surface area contributed by atoms with Crippen LogP contribution in [0.3, 0.4) is 0 Å². The molecule has 11 heavy (non-hydrogen) atoms. The molecular weight excluding hydrogens is 136 g/mol. The van der Waals surface area contributed by atoms with Crippen LogP contribution < -0.4 is 5.73 Å². The molecule has 0 amide bonds. The third kappa shape index (κ3) is 0.472. The molecule has 3 saturated heterocycles. The minimum atomic E-state index is 0.406. The van der Waals surface area contributed by atoms with Crippen molar-refractivity contribution in [2.45, 2.75) is 42.9 Å². The van der Waals surface area contributed by atoms with E-state index < -0.39 is 0 Å². The number of piperidine rings is 1. The molecule has 0 aromatic carbocycles. The molecule has 0 aromatic heterocycles. The van der Waals surface area contributed by atoms with Crippen molar-refractivity contribution in [2.24, 2.45) is 5.73 Å². The van der Waals surface area contributed by atoms with Gasteiger partial charge < -0.3 is 5.73 Å². The molecule has 3 aliphatic rings. The lowest BCUT2D eigenvalue weighted by molar-refractivity contribution is -0.134. The van der Waals surface area contributed by atoms with Crippen LogP contribution >= 0.6 is 0 Å². The van der Waals surface area contributed by atoms with Crippen LogP contribution in [0.25, 0.3) is 0 Å². The highest BCUT2D eigenvalue weighted by Gasteiger charge is 2.66. The summed E-state index contributed by atoms with van der Waals surface area (Å²) in [6.45, 7) is 3.90. The summed E-state index contributed by atoms with van der Waals surface area (Å²) in [5.41, 5.74) is 6.38. The number of rotatable bonds is 1. The standard InChI is InChI=1S/C9H14N2/c1-2-9-4-6-3-7(10)8(5-9)11(6)9/h2,6-8H,1,3-5,10H2/t6?,7-,8-,9?/m1/s1. The Morgan fingerprint density at radius 2 is 2.36 bits per heavy atom. The van der Waals surface area contributed by atoms with E-state index in [0.717, 1.165) is 6.04 Å². The van der Waals surface area contributed by atoms with Gasteiger partial charge in [0.1, 0.15) is 0 Å². The van der Waals surface area contributed by atoms with Crippen molar-refractivity contribution in [3.05, 3.63) is 12.7 Å². The zero-order chi connectivity index (χ0) is 7.64. The van der Waals surface area contributed by atoms with Crippen molar-refractivity contribution in [3.8, 4) is 0 Å². The smallest absolute Gasteiger partial charge is 0.0425 e. The topological polar surface area (TPSA) is 29.3 Å². The molecule has 60 valence electrons. The molecule has 3 rings (SSSR count). The minimum Gasteiger partial charge on any atom is -0.326 e. The zero-order valence-corrected chi connectivity index (χ0v) is 6.66. The second-order valence-corrected chi connectivity index (χ2v) is 4.24. The maximum atomic E-state index is 5.97. The van der Waals surface area contributed by atoms with Crippen molar-refractivity contribution < 1.29 is 0 Å². The Hall–Kier alpha value is -0.340. The zero-order valence-electron chi connectivity index (χ0n) is 6.66. The fourth-order valence-electron chi connectivity index (χ4n) is 3.30. The Kier molecular flexibility index (Phi) is 0.871. The molecule has 2 heteroatoms. The van der Waals surface area contributed by atoms with E-state index in [2.05, 4.69) is 17.6 Å². The van der Waals surface area contributed by atoms with E-state index in [1.165, 1.54) is 19.3 Å². The van der Waals surface area contributed by atoms with Gasteiger partial charge in [0, 0.05) is 23.7 Å². The highest BCUT2D eigenvalue weighted by atomic mass is 15.4. The highest BCUT2D eigenvalue weighted by molar-refractivity contribution is 5.30. The third-order valence-electron chi connectivity index (χ3n) is 3.84. The first-order valence-corrected chi connectivity index (χ1v) is 4.44. The van der Waals surface area contributed by atoms with Gasteiger partial charge in [-0.05, 0) is 19.3 Å². The Labute approximate surface area is 67.1 Å². The largest absolute Gasteiger partial charge is 0.326 e. The van der Waals surface area contributed by atoms with Crippen LogP contribution in [-0.4, -0.2) is 28.6 Å². The average molecular weight is 150 g/mol. The molecule has 2 N–H and O–H groups in total. The Balaban J connectivity index is 1.92. The normalized spacial score (nSPS) is 59.5. The van der Waals surface area contributed by atoms with Crippen molar-refractivity contribution in [3.63, 3.8) is 0 Å². The molecule has 4 atom stereocenters. The molecule has 2 unspecified atom stereocenters. The van der Waals surface area contributed by atoms with E-state index in [0.29, 0.717) is 17.6 Å². The van der Waals surface area contributed by atoms with Gasteiger partial charge in [-0.25, -0.2) is 0 Å². The summed E-state index contributed by atoms with van der Waals surface area (Å²) in [5.74, 6) is 0. The lowest BCUT2D eigenvalue weighted by Crippen LogP contribution is -2.75. The van der Waals surface area contributed by atoms with E-state index >= 15 is 0 Å². The molecule has 0 aliphatic carbocycles. The quantitative estimate of drug-likeness (QED) is 0.551. The monoisotopic (exact) mass is 150 g/mol. The number of hydrogen-bond donors (Lipinski definition) is 1. The second kappa shape index (κ2) is 1.54. The molecule has 3 fully saturated rings. The van der Waals surface area contributed by atoms with Gasteiger partial charge in [-0.2, -0.15) is 0 Å². The molecule has 3 aliphatic heterocycles. The summed E-state index contributed by atoms with van der Waals surface area (Å²) in [6.07, 6.45) is 5.94. The van der Waals surface area contributed by atoms with Gasteiger partial charge in [0.25, 0.3) is 0 Å². The fraction of sp³-hybridized carbons (Fsp3) is 0.778. The van der Waals surface area contributed by atoms with Gasteiger partial charge >= 0.3 is 0 Å². The maximum absolute atomic E-state index is 5.97. The van der Waals surface area contributed by atoms with Crippen LogP contribution in [-0.2, 0) is 0 Å². The summed E-state index contributed by atoms with van der Waals surface area (Å²) in [7, 11) is 0. The molecular formula is C9H14N2. The van der Waals surface area contributed by atoms with Crippen LogP contribution in [0.15, 0.2) is 12.7 Å². The Bertz CT molecular complexity index is 226. The van der Waals surface area contributed by atoms with Gasteiger partial charge in [-0.1, -0.05) is 6.08 Å². The Morgan fingerprint density at radius 3 is 3.00 bits per heavy atom. The van der Waals surface area contributed by atoms with E-state index in [1.807, 2.05) is 0 Å². The van der Waals surface area contributed by atoms with Crippen molar-refractivity contribution in [1.29, 1.82) is 0 Å². The van der Waals surface area contributed by atoms with Crippen molar-refractivity contribution >= 4 is 0 Å². The molecule has 0 spiro atoms. The van der Waals surface area contributed by atoms with Gasteiger partial charge in [-0.15, -0.1) is 6.58 Å². The number of hydrogen-bond acceptors (Lipinski definition) is 2. The van der Waals surface area contributed by atoms with Crippen LogP contribution in [0.5, 0.6) is 0 Å². The van der Waals surface area contributed by atoms with Crippen molar-refractivity contribution in [1.82, 2.24) is 4.90 Å². The molecule has 3 heterocycles. The van der Waals surface area contributed by atoms with Crippen molar-refractivity contribution in [2.75, 3.05) is 0 Å². The average Bonchev–Trinajstić information content (AvgIpc) is 2.13. The van der Waals surface area contributed by atoms with Gasteiger partial charge in [-0.3, -0.25) is 4.90 Å². The van der Waals surface area contributed by atoms with Crippen LogP contribution in [0, 0.1) is 0 Å². The molecule has 0 aromatic rings. The minimum absolute atomic E-state index is 0.406. The summed E-state index contributed by atoms with van der Waals surface area (Å²) < 4.78 is 0. The van der Waals surface area contributed by atoms with Gasteiger partial charge in [0.2, 0.25) is 0 Å². The van der Waals surface area contributed by atoms with Crippen LogP contribution in [0.4, 0.5) is 0 Å². The predicted molar refractivity (Wildman–Crippen MR) is 44.2 cm³/mol. The highest BCUT2D eigenvalue weighted by Crippen LogP contribution is 2.58. The van der Waals surface area contributed by atoms with E-state index in [4.69, 9.17) is 5.73 Å². The third-order valence-corrected chi connectivity index (χ3v) is 3.84. The molecule has 0 radical (unpaired) electrons. The van der Waals surface area contributed by atoms with E-state index in [9.17, 15) is 0 Å². The first-order valence-electron chi connectivity index (χ1n) is 4.44. The Morgan fingerprint density at radius 1 is 1.55 bits per heavy atom. The summed E-state index contributed by atoms with van der Waals surface area (Å²) in [5, 5.41) is 0. The summed E-state index contributed by atoms with van der Waals surface area (Å²) in [4.78, 5) is 2.57. The van der Waals surface area contributed by atoms with E-state index in [1.54, 1.807) is 0 Å². The second-order valence-electron chi connectivity index (χ2n) is 4.24. The van der Waals surface area contributed by atoms with Gasteiger partial charge in [0.15, 0.2) is 0 Å². The first-order chi connectivity index (χ1) is 5.27. The first kappa shape index (κ1) is 6.21. The lowest BCUT2D eigenvalue weighted by Gasteiger charge is -2.66. The summed E-state index contributed by atoms with van der Waals surface area (Å²) >= 11 is 0. The lowest BCUT2D eigenvalue weighted by atomic mass is 9.68. The van der Waals surface area contributed by atoms with Gasteiger partial charge in [0.05, 0.1) is 0 Å². The summed E-state index contributed by atoms with van der Waals surface area (Å²) in [6, 6.07) is 1.96. The number of nitrogens with zero attached hydrogens (tertiary/aromatic N) is 1. The maximum Gasteiger partial charge on any atom is 0.0425 e. The van der Waals surface area contributed by atoms with Crippen LogP contribution in [0.2, 0.25) is 0 Å². The molecule has 0 bridgehead atoms.